The van der Waals surface area contributed by atoms with Gasteiger partial charge >= 0.3 is 0 Å². The Labute approximate surface area is 147 Å². The fraction of sp³-hybridized carbons (Fsp3) is 0.211. The lowest BCUT2D eigenvalue weighted by molar-refractivity contribution is -0.116. The number of benzene rings is 2. The first-order chi connectivity index (χ1) is 11.9. The van der Waals surface area contributed by atoms with Gasteiger partial charge in [-0.2, -0.15) is 0 Å². The van der Waals surface area contributed by atoms with Crippen LogP contribution < -0.4 is 9.62 Å². The number of hydrogen-bond donors (Lipinski definition) is 1. The molecule has 1 N–H and O–H groups in total. The van der Waals surface area contributed by atoms with Crippen molar-refractivity contribution in [2.24, 2.45) is 0 Å². The van der Waals surface area contributed by atoms with Crippen LogP contribution in [-0.2, 0) is 21.2 Å². The normalized spacial score (nSPS) is 13.7. The van der Waals surface area contributed by atoms with Gasteiger partial charge < -0.3 is 4.90 Å². The van der Waals surface area contributed by atoms with Crippen LogP contribution in [0.15, 0.2) is 47.4 Å². The highest BCUT2D eigenvalue weighted by atomic mass is 32.2. The Hall–Kier alpha value is -2.78. The van der Waals surface area contributed by atoms with Crippen molar-refractivity contribution in [1.82, 2.24) is 0 Å². The lowest BCUT2D eigenvalue weighted by Crippen LogP contribution is -2.33. The second-order valence-electron chi connectivity index (χ2n) is 5.90. The third-order valence-corrected chi connectivity index (χ3v) is 5.52. The van der Waals surface area contributed by atoms with Crippen LogP contribution >= 0.6 is 0 Å². The number of aryl methyl sites for hydroxylation is 1. The summed E-state index contributed by atoms with van der Waals surface area (Å²) in [6, 6.07) is 11.5. The quantitative estimate of drug-likeness (QED) is 0.862. The lowest BCUT2D eigenvalue weighted by atomic mass is 10.0. The molecule has 1 amide bonds. The van der Waals surface area contributed by atoms with Gasteiger partial charge in [-0.15, -0.1) is 6.42 Å². The molecule has 2 aromatic rings. The van der Waals surface area contributed by atoms with Crippen LogP contribution in [0, 0.1) is 12.3 Å². The summed E-state index contributed by atoms with van der Waals surface area (Å²) in [7, 11) is -3.73. The maximum atomic E-state index is 12.7. The van der Waals surface area contributed by atoms with Gasteiger partial charge in [0.2, 0.25) is 5.91 Å². The van der Waals surface area contributed by atoms with Crippen LogP contribution in [-0.4, -0.2) is 20.9 Å². The van der Waals surface area contributed by atoms with E-state index in [-0.39, 0.29) is 10.8 Å². The lowest BCUT2D eigenvalue weighted by Gasteiger charge is -2.28. The minimum absolute atomic E-state index is 0.0409. The van der Waals surface area contributed by atoms with E-state index in [0.29, 0.717) is 17.8 Å². The predicted octanol–water partition coefficient (Wildman–Crippen LogP) is 2.77. The third kappa shape index (κ3) is 3.52. The molecule has 1 aliphatic heterocycles. The molecule has 1 aliphatic rings. The van der Waals surface area contributed by atoms with E-state index in [1.165, 1.54) is 13.0 Å². The summed E-state index contributed by atoms with van der Waals surface area (Å²) >= 11 is 0. The highest BCUT2D eigenvalue weighted by Gasteiger charge is 2.23. The number of carbonyl (C=O) groups excluding carboxylic acids is 1. The van der Waals surface area contributed by atoms with Gasteiger partial charge in [-0.3, -0.25) is 9.52 Å². The molecule has 0 fully saturated rings. The second-order valence-corrected chi connectivity index (χ2v) is 7.58. The number of fused-ring (bicyclic) bond motifs is 1. The molecule has 0 spiro atoms. The van der Waals surface area contributed by atoms with Crippen molar-refractivity contribution in [3.05, 3.63) is 53.6 Å². The van der Waals surface area contributed by atoms with Gasteiger partial charge in [0.1, 0.15) is 0 Å². The Balaban J connectivity index is 1.93. The van der Waals surface area contributed by atoms with Crippen molar-refractivity contribution < 1.29 is 13.2 Å². The van der Waals surface area contributed by atoms with Crippen molar-refractivity contribution >= 4 is 27.3 Å². The number of amides is 1. The Morgan fingerprint density at radius 1 is 1.24 bits per heavy atom. The summed E-state index contributed by atoms with van der Waals surface area (Å²) in [5, 5.41) is 0. The fourth-order valence-corrected chi connectivity index (χ4v) is 4.05. The molecular weight excluding hydrogens is 336 g/mol. The Kier molecular flexibility index (Phi) is 4.51. The van der Waals surface area contributed by atoms with Gasteiger partial charge in [0.25, 0.3) is 10.0 Å². The van der Waals surface area contributed by atoms with Gasteiger partial charge in [0, 0.05) is 24.7 Å². The SMILES string of the molecule is C#Cc1cccc(NS(=O)(=O)c2ccc3c(c2)CCCN3C(C)=O)c1. The minimum atomic E-state index is -3.73. The van der Waals surface area contributed by atoms with Gasteiger partial charge in [-0.1, -0.05) is 12.0 Å². The van der Waals surface area contributed by atoms with E-state index < -0.39 is 10.0 Å². The number of carbonyl (C=O) groups is 1. The molecular formula is C19H18N2O3S. The second kappa shape index (κ2) is 6.61. The van der Waals surface area contributed by atoms with Crippen LogP contribution in [0.3, 0.4) is 0 Å². The Morgan fingerprint density at radius 3 is 2.76 bits per heavy atom. The highest BCUT2D eigenvalue weighted by molar-refractivity contribution is 7.92. The first kappa shape index (κ1) is 17.1. The largest absolute Gasteiger partial charge is 0.312 e. The molecule has 0 bridgehead atoms. The molecule has 0 unspecified atom stereocenters. The smallest absolute Gasteiger partial charge is 0.261 e. The Morgan fingerprint density at radius 2 is 2.04 bits per heavy atom. The summed E-state index contributed by atoms with van der Waals surface area (Å²) < 4.78 is 27.9. The molecule has 0 aromatic heterocycles. The van der Waals surface area contributed by atoms with E-state index in [1.807, 2.05) is 0 Å². The monoisotopic (exact) mass is 354 g/mol. The number of anilines is 2. The molecule has 0 saturated heterocycles. The molecule has 0 radical (unpaired) electrons. The van der Waals surface area contributed by atoms with E-state index >= 15 is 0 Å². The minimum Gasteiger partial charge on any atom is -0.312 e. The van der Waals surface area contributed by atoms with Crippen LogP contribution in [0.4, 0.5) is 11.4 Å². The topological polar surface area (TPSA) is 66.5 Å². The van der Waals surface area contributed by atoms with Crippen molar-refractivity contribution in [3.63, 3.8) is 0 Å². The zero-order valence-corrected chi connectivity index (χ0v) is 14.6. The summed E-state index contributed by atoms with van der Waals surface area (Å²) in [6.45, 7) is 2.17. The van der Waals surface area contributed by atoms with Crippen molar-refractivity contribution in [2.45, 2.75) is 24.7 Å². The number of terminal acetylenes is 1. The van der Waals surface area contributed by atoms with E-state index in [0.717, 1.165) is 24.1 Å². The maximum Gasteiger partial charge on any atom is 0.261 e. The highest BCUT2D eigenvalue weighted by Crippen LogP contribution is 2.30. The van der Waals surface area contributed by atoms with Crippen LogP contribution in [0.5, 0.6) is 0 Å². The average Bonchev–Trinajstić information content (AvgIpc) is 2.60. The molecule has 3 rings (SSSR count). The van der Waals surface area contributed by atoms with E-state index in [4.69, 9.17) is 6.42 Å². The third-order valence-electron chi connectivity index (χ3n) is 4.14. The standard InChI is InChI=1S/C19H18N2O3S/c1-3-15-6-4-8-17(12-15)20-25(23,24)18-9-10-19-16(13-18)7-5-11-21(19)14(2)22/h1,4,6,8-10,12-13,20H,5,7,11H2,2H3. The molecule has 2 aromatic carbocycles. The summed E-state index contributed by atoms with van der Waals surface area (Å²) in [5.41, 5.74) is 2.66. The zero-order chi connectivity index (χ0) is 18.0. The summed E-state index contributed by atoms with van der Waals surface area (Å²) in [6.07, 6.45) is 6.91. The van der Waals surface area contributed by atoms with E-state index in [2.05, 4.69) is 10.6 Å². The first-order valence-electron chi connectivity index (χ1n) is 7.91. The number of rotatable bonds is 3. The van der Waals surface area contributed by atoms with E-state index in [9.17, 15) is 13.2 Å². The molecule has 0 atom stereocenters. The molecule has 6 heteroatoms. The summed E-state index contributed by atoms with van der Waals surface area (Å²) in [5.74, 6) is 2.44. The number of hydrogen-bond acceptors (Lipinski definition) is 3. The van der Waals surface area contributed by atoms with Crippen LogP contribution in [0.2, 0.25) is 0 Å². The zero-order valence-electron chi connectivity index (χ0n) is 13.8. The number of sulfonamides is 1. The molecule has 0 saturated carbocycles. The van der Waals surface area contributed by atoms with Crippen LogP contribution in [0.25, 0.3) is 0 Å². The number of nitrogens with zero attached hydrogens (tertiary/aromatic N) is 1. The van der Waals surface area contributed by atoms with Crippen molar-refractivity contribution in [2.75, 3.05) is 16.2 Å². The van der Waals surface area contributed by atoms with Crippen LogP contribution in [0.1, 0.15) is 24.5 Å². The van der Waals surface area contributed by atoms with Crippen molar-refractivity contribution in [1.29, 1.82) is 0 Å². The number of nitrogens with one attached hydrogen (secondary N) is 1. The first-order valence-corrected chi connectivity index (χ1v) is 9.39. The van der Waals surface area contributed by atoms with Gasteiger partial charge in [-0.05, 0) is 54.8 Å². The average molecular weight is 354 g/mol. The molecule has 128 valence electrons. The Bertz CT molecular complexity index is 974. The van der Waals surface area contributed by atoms with Crippen molar-refractivity contribution in [3.8, 4) is 12.3 Å². The fourth-order valence-electron chi connectivity index (χ4n) is 2.95. The van der Waals surface area contributed by atoms with Gasteiger partial charge in [0.05, 0.1) is 10.6 Å². The molecule has 1 heterocycles. The maximum absolute atomic E-state index is 12.7. The molecule has 25 heavy (non-hydrogen) atoms. The van der Waals surface area contributed by atoms with Gasteiger partial charge in [-0.25, -0.2) is 8.42 Å². The molecule has 5 nitrogen and oxygen atoms in total. The van der Waals surface area contributed by atoms with Gasteiger partial charge in [0.15, 0.2) is 0 Å². The van der Waals surface area contributed by atoms with E-state index in [1.54, 1.807) is 41.3 Å². The molecule has 0 aliphatic carbocycles. The summed E-state index contributed by atoms with van der Waals surface area (Å²) in [4.78, 5) is 13.6. The predicted molar refractivity (Wildman–Crippen MR) is 98.0 cm³/mol.